The summed E-state index contributed by atoms with van der Waals surface area (Å²) in [6.07, 6.45) is 1.88. The molecular formula is C14H19FN2O2S. The summed E-state index contributed by atoms with van der Waals surface area (Å²) in [5, 5.41) is 0. The predicted molar refractivity (Wildman–Crippen MR) is 75.2 cm³/mol. The summed E-state index contributed by atoms with van der Waals surface area (Å²) in [6.45, 7) is 1.61. The second-order valence-corrected chi connectivity index (χ2v) is 7.69. The highest BCUT2D eigenvalue weighted by Gasteiger charge is 2.45. The number of halogens is 1. The fraction of sp³-hybridized carbons (Fsp3) is 0.571. The molecule has 6 heteroatoms. The highest BCUT2D eigenvalue weighted by Crippen LogP contribution is 2.33. The molecule has 2 saturated heterocycles. The van der Waals surface area contributed by atoms with E-state index in [1.54, 1.807) is 16.4 Å². The Morgan fingerprint density at radius 1 is 1.15 bits per heavy atom. The number of nitrogens with zero attached hydrogens (tertiary/aromatic N) is 2. The van der Waals surface area contributed by atoms with Gasteiger partial charge in [-0.3, -0.25) is 0 Å². The van der Waals surface area contributed by atoms with Gasteiger partial charge in [-0.2, -0.15) is 4.31 Å². The summed E-state index contributed by atoms with van der Waals surface area (Å²) < 4.78 is 39.8. The van der Waals surface area contributed by atoms with E-state index in [2.05, 4.69) is 4.90 Å². The van der Waals surface area contributed by atoms with Gasteiger partial charge in [0, 0.05) is 25.2 Å². The van der Waals surface area contributed by atoms with Crippen LogP contribution in [0.25, 0.3) is 0 Å². The van der Waals surface area contributed by atoms with Gasteiger partial charge in [0.05, 0.1) is 5.75 Å². The maximum atomic E-state index is 12.9. The van der Waals surface area contributed by atoms with Gasteiger partial charge in [-0.15, -0.1) is 0 Å². The molecule has 0 spiro atoms. The lowest BCUT2D eigenvalue weighted by Gasteiger charge is -2.38. The van der Waals surface area contributed by atoms with E-state index in [1.807, 2.05) is 7.05 Å². The number of likely N-dealkylation sites (tertiary alicyclic amines) is 1. The molecular weight excluding hydrogens is 279 g/mol. The lowest BCUT2D eigenvalue weighted by molar-refractivity contribution is 0.154. The van der Waals surface area contributed by atoms with Gasteiger partial charge in [0.1, 0.15) is 5.82 Å². The van der Waals surface area contributed by atoms with Crippen LogP contribution in [0.2, 0.25) is 0 Å². The van der Waals surface area contributed by atoms with Crippen molar-refractivity contribution in [3.8, 4) is 0 Å². The molecule has 0 aromatic heterocycles. The molecule has 0 amide bonds. The van der Waals surface area contributed by atoms with E-state index in [9.17, 15) is 12.8 Å². The maximum absolute atomic E-state index is 12.9. The maximum Gasteiger partial charge on any atom is 0.218 e. The van der Waals surface area contributed by atoms with Gasteiger partial charge in [-0.25, -0.2) is 12.8 Å². The van der Waals surface area contributed by atoms with E-state index in [4.69, 9.17) is 0 Å². The smallest absolute Gasteiger partial charge is 0.218 e. The predicted octanol–water partition coefficient (Wildman–Crippen LogP) is 1.43. The quantitative estimate of drug-likeness (QED) is 0.848. The summed E-state index contributed by atoms with van der Waals surface area (Å²) in [7, 11) is -1.29. The first kappa shape index (κ1) is 14.0. The third kappa shape index (κ3) is 2.60. The molecule has 0 N–H and O–H groups in total. The van der Waals surface area contributed by atoms with Crippen molar-refractivity contribution in [3.05, 3.63) is 35.6 Å². The van der Waals surface area contributed by atoms with Gasteiger partial charge in [0.25, 0.3) is 0 Å². The van der Waals surface area contributed by atoms with Crippen molar-refractivity contribution in [2.45, 2.75) is 30.7 Å². The van der Waals surface area contributed by atoms with Crippen molar-refractivity contribution in [3.63, 3.8) is 0 Å². The van der Waals surface area contributed by atoms with Crippen LogP contribution in [0.4, 0.5) is 4.39 Å². The molecule has 0 saturated carbocycles. The second kappa shape index (κ2) is 5.09. The molecule has 2 unspecified atom stereocenters. The Morgan fingerprint density at radius 3 is 2.25 bits per heavy atom. The minimum absolute atomic E-state index is 0.0377. The average Bonchev–Trinajstić information content (AvgIpc) is 2.66. The topological polar surface area (TPSA) is 40.6 Å². The van der Waals surface area contributed by atoms with E-state index in [0.29, 0.717) is 5.56 Å². The second-order valence-electron chi connectivity index (χ2n) is 5.82. The summed E-state index contributed by atoms with van der Waals surface area (Å²) >= 11 is 0. The molecule has 2 atom stereocenters. The Labute approximate surface area is 119 Å². The van der Waals surface area contributed by atoms with Gasteiger partial charge in [-0.05, 0) is 37.6 Å². The summed E-state index contributed by atoms with van der Waals surface area (Å²) in [4.78, 5) is 2.20. The monoisotopic (exact) mass is 298 g/mol. The van der Waals surface area contributed by atoms with Crippen molar-refractivity contribution in [2.24, 2.45) is 0 Å². The molecule has 2 aliphatic heterocycles. The van der Waals surface area contributed by atoms with Crippen LogP contribution in [0.5, 0.6) is 0 Å². The van der Waals surface area contributed by atoms with Gasteiger partial charge in [0.2, 0.25) is 10.0 Å². The standard InChI is InChI=1S/C14H19FN2O2S/c1-16-8-13-6-7-14(9-16)17(13)20(18,19)10-11-2-4-12(15)5-3-11/h2-5,13-14H,6-10H2,1H3. The summed E-state index contributed by atoms with van der Waals surface area (Å²) in [5.41, 5.74) is 0.643. The number of piperazine rings is 1. The molecule has 2 aliphatic rings. The fourth-order valence-electron chi connectivity index (χ4n) is 3.40. The largest absolute Gasteiger partial charge is 0.303 e. The van der Waals surface area contributed by atoms with Gasteiger partial charge < -0.3 is 4.90 Å². The molecule has 2 heterocycles. The number of hydrogen-bond acceptors (Lipinski definition) is 3. The lowest BCUT2D eigenvalue weighted by atomic mass is 10.2. The van der Waals surface area contributed by atoms with E-state index < -0.39 is 10.0 Å². The molecule has 1 aromatic rings. The normalized spacial score (nSPS) is 27.9. The first-order valence-electron chi connectivity index (χ1n) is 6.90. The highest BCUT2D eigenvalue weighted by molar-refractivity contribution is 7.88. The van der Waals surface area contributed by atoms with Crippen LogP contribution in [0.1, 0.15) is 18.4 Å². The Morgan fingerprint density at radius 2 is 1.70 bits per heavy atom. The van der Waals surface area contributed by atoms with Crippen molar-refractivity contribution >= 4 is 10.0 Å². The number of hydrogen-bond donors (Lipinski definition) is 0. The van der Waals surface area contributed by atoms with Crippen molar-refractivity contribution < 1.29 is 12.8 Å². The fourth-order valence-corrected chi connectivity index (χ4v) is 5.41. The SMILES string of the molecule is CN1CC2CCC(C1)N2S(=O)(=O)Cc1ccc(F)cc1. The van der Waals surface area contributed by atoms with Crippen molar-refractivity contribution in [1.82, 2.24) is 9.21 Å². The number of benzene rings is 1. The lowest BCUT2D eigenvalue weighted by Crippen LogP contribution is -2.54. The number of fused-ring (bicyclic) bond motifs is 2. The zero-order valence-electron chi connectivity index (χ0n) is 11.5. The Bertz CT molecular complexity index is 574. The molecule has 110 valence electrons. The van der Waals surface area contributed by atoms with Gasteiger partial charge in [-0.1, -0.05) is 12.1 Å². The molecule has 3 rings (SSSR count). The third-order valence-corrected chi connectivity index (χ3v) is 6.12. The highest BCUT2D eigenvalue weighted by atomic mass is 32.2. The third-order valence-electron chi connectivity index (χ3n) is 4.18. The number of rotatable bonds is 3. The van der Waals surface area contributed by atoms with E-state index >= 15 is 0 Å². The summed E-state index contributed by atoms with van der Waals surface area (Å²) in [5.74, 6) is -0.380. The van der Waals surface area contributed by atoms with Gasteiger partial charge >= 0.3 is 0 Å². The van der Waals surface area contributed by atoms with Crippen LogP contribution in [0, 0.1) is 5.82 Å². The zero-order chi connectivity index (χ0) is 14.3. The van der Waals surface area contributed by atoms with E-state index in [1.165, 1.54) is 12.1 Å². The molecule has 4 nitrogen and oxygen atoms in total. The molecule has 2 bridgehead atoms. The molecule has 2 fully saturated rings. The molecule has 20 heavy (non-hydrogen) atoms. The van der Waals surface area contributed by atoms with E-state index in [-0.39, 0.29) is 23.7 Å². The van der Waals surface area contributed by atoms with Crippen LogP contribution < -0.4 is 0 Å². The van der Waals surface area contributed by atoms with Crippen molar-refractivity contribution in [2.75, 3.05) is 20.1 Å². The number of sulfonamides is 1. The Balaban J connectivity index is 1.80. The first-order valence-corrected chi connectivity index (χ1v) is 8.51. The van der Waals surface area contributed by atoms with Crippen molar-refractivity contribution in [1.29, 1.82) is 0 Å². The molecule has 0 aliphatic carbocycles. The Hall–Kier alpha value is -0.980. The minimum Gasteiger partial charge on any atom is -0.303 e. The van der Waals surface area contributed by atoms with Crippen LogP contribution in [0.15, 0.2) is 24.3 Å². The molecule has 0 radical (unpaired) electrons. The van der Waals surface area contributed by atoms with Gasteiger partial charge in [0.15, 0.2) is 0 Å². The van der Waals surface area contributed by atoms with Crippen LogP contribution in [0.3, 0.4) is 0 Å². The van der Waals surface area contributed by atoms with Crippen LogP contribution in [-0.4, -0.2) is 49.8 Å². The van der Waals surface area contributed by atoms with Crippen LogP contribution >= 0.6 is 0 Å². The van der Waals surface area contributed by atoms with Crippen LogP contribution in [-0.2, 0) is 15.8 Å². The zero-order valence-corrected chi connectivity index (χ0v) is 12.3. The Kier molecular flexibility index (Phi) is 3.56. The first-order chi connectivity index (χ1) is 9.45. The minimum atomic E-state index is -3.32. The van der Waals surface area contributed by atoms with E-state index in [0.717, 1.165) is 25.9 Å². The molecule has 1 aromatic carbocycles. The number of likely N-dealkylation sites (N-methyl/N-ethyl adjacent to an activating group) is 1. The summed E-state index contributed by atoms with van der Waals surface area (Å²) in [6, 6.07) is 5.91. The average molecular weight is 298 g/mol.